The maximum atomic E-state index is 12.7. The normalized spacial score (nSPS) is 13.9. The summed E-state index contributed by atoms with van der Waals surface area (Å²) in [6.45, 7) is 0.415. The molecule has 2 amide bonds. The standard InChI is InChI=1S/C24H24N2O2S/c27-23(19-10-4-5-11-19)26-20-12-6-7-17(15-20)16-25-24(28)22-21(13-14-29-22)18-8-2-1-3-9-18/h1-3,6-9,12-15,19H,4-5,10-11,16H2,(H,25,28)(H,26,27). The van der Waals surface area contributed by atoms with Gasteiger partial charge >= 0.3 is 0 Å². The molecule has 2 N–H and O–H groups in total. The molecule has 29 heavy (non-hydrogen) atoms. The number of hydrogen-bond donors (Lipinski definition) is 2. The summed E-state index contributed by atoms with van der Waals surface area (Å²) in [5, 5.41) is 7.97. The largest absolute Gasteiger partial charge is 0.347 e. The molecule has 1 aromatic heterocycles. The second kappa shape index (κ2) is 9.05. The van der Waals surface area contributed by atoms with Crippen molar-refractivity contribution >= 4 is 28.8 Å². The summed E-state index contributed by atoms with van der Waals surface area (Å²) < 4.78 is 0. The third-order valence-corrected chi connectivity index (χ3v) is 6.24. The first-order valence-electron chi connectivity index (χ1n) is 10.0. The van der Waals surface area contributed by atoms with Crippen LogP contribution in [-0.2, 0) is 11.3 Å². The van der Waals surface area contributed by atoms with Gasteiger partial charge in [0.15, 0.2) is 0 Å². The molecule has 0 bridgehead atoms. The van der Waals surface area contributed by atoms with Gasteiger partial charge in [0.2, 0.25) is 5.91 Å². The molecule has 1 saturated carbocycles. The number of anilines is 1. The zero-order chi connectivity index (χ0) is 20.1. The van der Waals surface area contributed by atoms with E-state index in [1.807, 2.05) is 66.0 Å². The van der Waals surface area contributed by atoms with Crippen LogP contribution in [0.5, 0.6) is 0 Å². The van der Waals surface area contributed by atoms with Gasteiger partial charge in [-0.3, -0.25) is 9.59 Å². The molecule has 0 radical (unpaired) electrons. The number of amides is 2. The van der Waals surface area contributed by atoms with E-state index in [9.17, 15) is 9.59 Å². The van der Waals surface area contributed by atoms with Crippen LogP contribution in [0.15, 0.2) is 66.0 Å². The molecule has 0 spiro atoms. The average molecular weight is 405 g/mol. The molecule has 0 aliphatic heterocycles. The highest BCUT2D eigenvalue weighted by atomic mass is 32.1. The summed E-state index contributed by atoms with van der Waals surface area (Å²) in [5.74, 6) is 0.155. The van der Waals surface area contributed by atoms with Crippen LogP contribution in [0.2, 0.25) is 0 Å². The van der Waals surface area contributed by atoms with Crippen molar-refractivity contribution in [3.05, 3.63) is 76.5 Å². The maximum Gasteiger partial charge on any atom is 0.262 e. The van der Waals surface area contributed by atoms with Gasteiger partial charge in [0, 0.05) is 23.7 Å². The summed E-state index contributed by atoms with van der Waals surface area (Å²) in [4.78, 5) is 25.8. The summed E-state index contributed by atoms with van der Waals surface area (Å²) in [7, 11) is 0. The summed E-state index contributed by atoms with van der Waals surface area (Å²) >= 11 is 1.44. The highest BCUT2D eigenvalue weighted by molar-refractivity contribution is 7.12. The Balaban J connectivity index is 1.39. The van der Waals surface area contributed by atoms with Gasteiger partial charge in [-0.1, -0.05) is 55.3 Å². The van der Waals surface area contributed by atoms with Crippen molar-refractivity contribution in [1.82, 2.24) is 5.32 Å². The number of benzene rings is 2. The molecule has 3 aromatic rings. The third-order valence-electron chi connectivity index (χ3n) is 5.33. The van der Waals surface area contributed by atoms with Gasteiger partial charge in [0.25, 0.3) is 5.91 Å². The molecule has 1 aliphatic rings. The lowest BCUT2D eigenvalue weighted by Gasteiger charge is -2.12. The zero-order valence-electron chi connectivity index (χ0n) is 16.2. The van der Waals surface area contributed by atoms with Crippen LogP contribution in [-0.4, -0.2) is 11.8 Å². The van der Waals surface area contributed by atoms with Gasteiger partial charge in [-0.05, 0) is 47.5 Å². The average Bonchev–Trinajstić information content (AvgIpc) is 3.45. The first-order valence-corrected chi connectivity index (χ1v) is 10.9. The van der Waals surface area contributed by atoms with E-state index in [1.165, 1.54) is 11.3 Å². The molecule has 4 rings (SSSR count). The Morgan fingerprint density at radius 3 is 2.55 bits per heavy atom. The fraction of sp³-hybridized carbons (Fsp3) is 0.250. The van der Waals surface area contributed by atoms with Crippen molar-refractivity contribution in [1.29, 1.82) is 0 Å². The van der Waals surface area contributed by atoms with E-state index >= 15 is 0 Å². The lowest BCUT2D eigenvalue weighted by Crippen LogP contribution is -2.23. The summed E-state index contributed by atoms with van der Waals surface area (Å²) in [6, 6.07) is 19.6. The Morgan fingerprint density at radius 2 is 1.76 bits per heavy atom. The van der Waals surface area contributed by atoms with Crippen LogP contribution in [0, 0.1) is 5.92 Å². The van der Waals surface area contributed by atoms with E-state index in [-0.39, 0.29) is 17.7 Å². The van der Waals surface area contributed by atoms with Crippen LogP contribution in [0.1, 0.15) is 40.9 Å². The summed E-state index contributed by atoms with van der Waals surface area (Å²) in [6.07, 6.45) is 4.23. The van der Waals surface area contributed by atoms with Crippen molar-refractivity contribution in [2.45, 2.75) is 32.2 Å². The number of nitrogens with one attached hydrogen (secondary N) is 2. The molecular formula is C24H24N2O2S. The van der Waals surface area contributed by atoms with Crippen LogP contribution in [0.4, 0.5) is 5.69 Å². The van der Waals surface area contributed by atoms with Crippen LogP contribution in [0.3, 0.4) is 0 Å². The molecule has 2 aromatic carbocycles. The molecule has 1 heterocycles. The number of hydrogen-bond acceptors (Lipinski definition) is 3. The second-order valence-corrected chi connectivity index (χ2v) is 8.30. The first-order chi connectivity index (χ1) is 14.2. The molecule has 148 valence electrons. The molecule has 5 heteroatoms. The molecule has 1 fully saturated rings. The minimum absolute atomic E-state index is 0.0840. The second-order valence-electron chi connectivity index (χ2n) is 7.38. The quantitative estimate of drug-likeness (QED) is 0.572. The Hall–Kier alpha value is -2.92. The van der Waals surface area contributed by atoms with Crippen molar-refractivity contribution in [2.24, 2.45) is 5.92 Å². The highest BCUT2D eigenvalue weighted by Crippen LogP contribution is 2.28. The first kappa shape index (κ1) is 19.4. The Kier molecular flexibility index (Phi) is 6.06. The molecule has 0 atom stereocenters. The maximum absolute atomic E-state index is 12.7. The van der Waals surface area contributed by atoms with Crippen LogP contribution in [0.25, 0.3) is 11.1 Å². The predicted molar refractivity (Wildman–Crippen MR) is 118 cm³/mol. The van der Waals surface area contributed by atoms with Gasteiger partial charge < -0.3 is 10.6 Å². The van der Waals surface area contributed by atoms with Crippen molar-refractivity contribution in [3.8, 4) is 11.1 Å². The lowest BCUT2D eigenvalue weighted by atomic mass is 10.1. The molecule has 0 unspecified atom stereocenters. The van der Waals surface area contributed by atoms with E-state index in [0.29, 0.717) is 11.4 Å². The number of carbonyl (C=O) groups excluding carboxylic acids is 2. The minimum atomic E-state index is -0.0840. The SMILES string of the molecule is O=C(NCc1cccc(NC(=O)C2CCCC2)c1)c1sccc1-c1ccccc1. The van der Waals surface area contributed by atoms with Crippen LogP contribution < -0.4 is 10.6 Å². The summed E-state index contributed by atoms with van der Waals surface area (Å²) in [5.41, 5.74) is 3.73. The molecule has 1 aliphatic carbocycles. The fourth-order valence-electron chi connectivity index (χ4n) is 3.78. The van der Waals surface area contributed by atoms with Crippen molar-refractivity contribution in [2.75, 3.05) is 5.32 Å². The van der Waals surface area contributed by atoms with Crippen molar-refractivity contribution in [3.63, 3.8) is 0 Å². The molecule has 4 nitrogen and oxygen atoms in total. The van der Waals surface area contributed by atoms with E-state index in [1.54, 1.807) is 0 Å². The smallest absolute Gasteiger partial charge is 0.262 e. The monoisotopic (exact) mass is 404 g/mol. The van der Waals surface area contributed by atoms with Gasteiger partial charge in [0.05, 0.1) is 4.88 Å². The van der Waals surface area contributed by atoms with Gasteiger partial charge in [-0.25, -0.2) is 0 Å². The zero-order valence-corrected chi connectivity index (χ0v) is 17.0. The molecule has 0 saturated heterocycles. The molecular weight excluding hydrogens is 380 g/mol. The van der Waals surface area contributed by atoms with Gasteiger partial charge in [-0.2, -0.15) is 0 Å². The predicted octanol–water partition coefficient (Wildman–Crippen LogP) is 5.47. The Morgan fingerprint density at radius 1 is 0.966 bits per heavy atom. The van der Waals surface area contributed by atoms with E-state index in [4.69, 9.17) is 0 Å². The number of carbonyl (C=O) groups is 2. The Bertz CT molecular complexity index is 991. The van der Waals surface area contributed by atoms with E-state index < -0.39 is 0 Å². The fourth-order valence-corrected chi connectivity index (χ4v) is 4.62. The van der Waals surface area contributed by atoms with E-state index in [2.05, 4.69) is 10.6 Å². The topological polar surface area (TPSA) is 58.2 Å². The highest BCUT2D eigenvalue weighted by Gasteiger charge is 2.22. The number of rotatable bonds is 6. The Labute approximate surface area is 175 Å². The number of thiophene rings is 1. The third kappa shape index (κ3) is 4.74. The minimum Gasteiger partial charge on any atom is -0.347 e. The van der Waals surface area contributed by atoms with E-state index in [0.717, 1.165) is 48.1 Å². The van der Waals surface area contributed by atoms with Gasteiger partial charge in [0.1, 0.15) is 0 Å². The lowest BCUT2D eigenvalue weighted by molar-refractivity contribution is -0.119. The van der Waals surface area contributed by atoms with Gasteiger partial charge in [-0.15, -0.1) is 11.3 Å². The van der Waals surface area contributed by atoms with Crippen molar-refractivity contribution < 1.29 is 9.59 Å². The van der Waals surface area contributed by atoms with Crippen LogP contribution >= 0.6 is 11.3 Å².